The van der Waals surface area contributed by atoms with Crippen LogP contribution in [0.2, 0.25) is 0 Å². The SMILES string of the molecule is Cc1cc(N2CCC(C(=O)NCCc3ccccc3F)CC2)nc(N)n1. The van der Waals surface area contributed by atoms with Gasteiger partial charge in [0.25, 0.3) is 0 Å². The fourth-order valence-corrected chi connectivity index (χ4v) is 3.27. The zero-order valence-corrected chi connectivity index (χ0v) is 14.9. The molecule has 0 unspecified atom stereocenters. The zero-order chi connectivity index (χ0) is 18.5. The monoisotopic (exact) mass is 357 g/mol. The Morgan fingerprint density at radius 2 is 2.04 bits per heavy atom. The van der Waals surface area contributed by atoms with Gasteiger partial charge in [-0.1, -0.05) is 18.2 Å². The van der Waals surface area contributed by atoms with Crippen molar-refractivity contribution in [1.82, 2.24) is 15.3 Å². The van der Waals surface area contributed by atoms with E-state index in [-0.39, 0.29) is 23.6 Å². The predicted molar refractivity (Wildman–Crippen MR) is 99.2 cm³/mol. The number of nitrogens with two attached hydrogens (primary N) is 1. The summed E-state index contributed by atoms with van der Waals surface area (Å²) in [6.45, 7) is 3.83. The molecule has 2 heterocycles. The Kier molecular flexibility index (Phi) is 5.65. The first-order valence-corrected chi connectivity index (χ1v) is 8.90. The van der Waals surface area contributed by atoms with Gasteiger partial charge in [-0.3, -0.25) is 4.79 Å². The molecule has 1 aromatic heterocycles. The van der Waals surface area contributed by atoms with E-state index in [9.17, 15) is 9.18 Å². The summed E-state index contributed by atoms with van der Waals surface area (Å²) in [6.07, 6.45) is 2.01. The molecule has 1 fully saturated rings. The molecule has 3 rings (SSSR count). The highest BCUT2D eigenvalue weighted by molar-refractivity contribution is 5.79. The van der Waals surface area contributed by atoms with Crippen LogP contribution in [0.5, 0.6) is 0 Å². The molecule has 0 radical (unpaired) electrons. The lowest BCUT2D eigenvalue weighted by atomic mass is 9.96. The highest BCUT2D eigenvalue weighted by Gasteiger charge is 2.25. The highest BCUT2D eigenvalue weighted by Crippen LogP contribution is 2.23. The van der Waals surface area contributed by atoms with Gasteiger partial charge in [-0.05, 0) is 37.8 Å². The smallest absolute Gasteiger partial charge is 0.223 e. The van der Waals surface area contributed by atoms with E-state index in [2.05, 4.69) is 20.2 Å². The van der Waals surface area contributed by atoms with Crippen molar-refractivity contribution in [1.29, 1.82) is 0 Å². The van der Waals surface area contributed by atoms with E-state index < -0.39 is 0 Å². The number of nitrogens with zero attached hydrogens (tertiary/aromatic N) is 3. The predicted octanol–water partition coefficient (Wildman–Crippen LogP) is 2.08. The van der Waals surface area contributed by atoms with Crippen LogP contribution in [0.15, 0.2) is 30.3 Å². The van der Waals surface area contributed by atoms with Gasteiger partial charge in [-0.25, -0.2) is 9.37 Å². The third-order valence-corrected chi connectivity index (χ3v) is 4.70. The first-order chi connectivity index (χ1) is 12.5. The lowest BCUT2D eigenvalue weighted by Crippen LogP contribution is -2.41. The number of aromatic nitrogens is 2. The van der Waals surface area contributed by atoms with E-state index in [1.165, 1.54) is 6.07 Å². The summed E-state index contributed by atoms with van der Waals surface area (Å²) in [7, 11) is 0. The minimum absolute atomic E-state index is 0.0212. The van der Waals surface area contributed by atoms with Crippen LogP contribution in [0.25, 0.3) is 0 Å². The Morgan fingerprint density at radius 3 is 2.73 bits per heavy atom. The van der Waals surface area contributed by atoms with Crippen LogP contribution in [0.4, 0.5) is 16.2 Å². The van der Waals surface area contributed by atoms with Crippen molar-refractivity contribution in [2.24, 2.45) is 5.92 Å². The van der Waals surface area contributed by atoms with Gasteiger partial charge in [0.2, 0.25) is 11.9 Å². The maximum Gasteiger partial charge on any atom is 0.223 e. The molecular weight excluding hydrogens is 333 g/mol. The topological polar surface area (TPSA) is 84.1 Å². The number of piperidine rings is 1. The summed E-state index contributed by atoms with van der Waals surface area (Å²) in [6, 6.07) is 8.56. The first kappa shape index (κ1) is 18.1. The van der Waals surface area contributed by atoms with E-state index in [4.69, 9.17) is 5.73 Å². The molecule has 1 amide bonds. The summed E-state index contributed by atoms with van der Waals surface area (Å²) >= 11 is 0. The molecule has 6 nitrogen and oxygen atoms in total. The van der Waals surface area contributed by atoms with E-state index in [1.54, 1.807) is 18.2 Å². The molecule has 138 valence electrons. The maximum absolute atomic E-state index is 13.6. The molecule has 26 heavy (non-hydrogen) atoms. The van der Waals surface area contributed by atoms with Gasteiger partial charge in [0.05, 0.1) is 0 Å². The molecule has 1 aliphatic rings. The van der Waals surface area contributed by atoms with Crippen LogP contribution in [-0.2, 0) is 11.2 Å². The van der Waals surface area contributed by atoms with Crippen molar-refractivity contribution >= 4 is 17.7 Å². The Hall–Kier alpha value is -2.70. The number of carbonyl (C=O) groups is 1. The molecule has 0 atom stereocenters. The number of amides is 1. The standard InChI is InChI=1S/C19H24FN5O/c1-13-12-17(24-19(21)23-13)25-10-7-15(8-11-25)18(26)22-9-6-14-4-2-3-5-16(14)20/h2-5,12,15H,6-11H2,1H3,(H,22,26)(H2,21,23,24). The Morgan fingerprint density at radius 1 is 1.31 bits per heavy atom. The molecule has 7 heteroatoms. The fourth-order valence-electron chi connectivity index (χ4n) is 3.27. The Labute approximate surface area is 152 Å². The van der Waals surface area contributed by atoms with Crippen LogP contribution in [0, 0.1) is 18.7 Å². The van der Waals surface area contributed by atoms with Crippen molar-refractivity contribution < 1.29 is 9.18 Å². The number of benzene rings is 1. The molecule has 2 aromatic rings. The second-order valence-electron chi connectivity index (χ2n) is 6.62. The third-order valence-electron chi connectivity index (χ3n) is 4.70. The van der Waals surface area contributed by atoms with Crippen LogP contribution in [0.1, 0.15) is 24.1 Å². The fraction of sp³-hybridized carbons (Fsp3) is 0.421. The molecule has 3 N–H and O–H groups in total. The van der Waals surface area contributed by atoms with E-state index in [1.807, 2.05) is 13.0 Å². The second-order valence-corrected chi connectivity index (χ2v) is 6.62. The summed E-state index contributed by atoms with van der Waals surface area (Å²) in [4.78, 5) is 22.9. The quantitative estimate of drug-likeness (QED) is 0.856. The van der Waals surface area contributed by atoms with Gasteiger partial charge in [-0.15, -0.1) is 0 Å². The van der Waals surface area contributed by atoms with Gasteiger partial charge >= 0.3 is 0 Å². The van der Waals surface area contributed by atoms with Crippen molar-refractivity contribution in [2.75, 3.05) is 30.3 Å². The summed E-state index contributed by atoms with van der Waals surface area (Å²) in [5.41, 5.74) is 7.17. The van der Waals surface area contributed by atoms with E-state index in [0.717, 1.165) is 37.4 Å². The van der Waals surface area contributed by atoms with Crippen molar-refractivity contribution in [3.8, 4) is 0 Å². The number of anilines is 2. The van der Waals surface area contributed by atoms with Crippen molar-refractivity contribution in [3.05, 3.63) is 47.4 Å². The number of hydrogen-bond donors (Lipinski definition) is 2. The number of carbonyl (C=O) groups excluding carboxylic acids is 1. The number of hydrogen-bond acceptors (Lipinski definition) is 5. The van der Waals surface area contributed by atoms with Crippen LogP contribution in [-0.4, -0.2) is 35.5 Å². The molecule has 0 aliphatic carbocycles. The van der Waals surface area contributed by atoms with Crippen LogP contribution >= 0.6 is 0 Å². The van der Waals surface area contributed by atoms with Crippen molar-refractivity contribution in [3.63, 3.8) is 0 Å². The molecule has 0 saturated carbocycles. The highest BCUT2D eigenvalue weighted by atomic mass is 19.1. The minimum atomic E-state index is -0.227. The van der Waals surface area contributed by atoms with Gasteiger partial charge in [-0.2, -0.15) is 4.98 Å². The maximum atomic E-state index is 13.6. The van der Waals surface area contributed by atoms with Gasteiger partial charge in [0.15, 0.2) is 0 Å². The molecular formula is C19H24FN5O. The Bertz CT molecular complexity index is 754. The normalized spacial score (nSPS) is 15.1. The molecule has 1 aromatic carbocycles. The number of aryl methyl sites for hydroxylation is 1. The van der Waals surface area contributed by atoms with Gasteiger partial charge < -0.3 is 16.0 Å². The lowest BCUT2D eigenvalue weighted by molar-refractivity contribution is -0.125. The zero-order valence-electron chi connectivity index (χ0n) is 14.9. The summed E-state index contributed by atoms with van der Waals surface area (Å²) in [5.74, 6) is 0.877. The molecule has 1 saturated heterocycles. The van der Waals surface area contributed by atoms with Gasteiger partial charge in [0, 0.05) is 37.3 Å². The van der Waals surface area contributed by atoms with E-state index in [0.29, 0.717) is 18.5 Å². The summed E-state index contributed by atoms with van der Waals surface area (Å²) < 4.78 is 13.6. The van der Waals surface area contributed by atoms with E-state index >= 15 is 0 Å². The van der Waals surface area contributed by atoms with Gasteiger partial charge in [0.1, 0.15) is 11.6 Å². The molecule has 0 spiro atoms. The number of halogens is 1. The minimum Gasteiger partial charge on any atom is -0.368 e. The Balaban J connectivity index is 1.47. The first-order valence-electron chi connectivity index (χ1n) is 8.90. The second kappa shape index (κ2) is 8.12. The number of nitrogens with one attached hydrogen (secondary N) is 1. The van der Waals surface area contributed by atoms with Crippen molar-refractivity contribution in [2.45, 2.75) is 26.2 Å². The van der Waals surface area contributed by atoms with Crippen LogP contribution in [0.3, 0.4) is 0 Å². The average Bonchev–Trinajstić information content (AvgIpc) is 2.62. The molecule has 1 aliphatic heterocycles. The van der Waals surface area contributed by atoms with Crippen LogP contribution < -0.4 is 16.0 Å². The number of rotatable bonds is 5. The summed E-state index contributed by atoms with van der Waals surface area (Å²) in [5, 5.41) is 2.93. The number of nitrogen functional groups attached to an aromatic ring is 1. The average molecular weight is 357 g/mol. The third kappa shape index (κ3) is 4.47. The lowest BCUT2D eigenvalue weighted by Gasteiger charge is -2.32. The largest absolute Gasteiger partial charge is 0.368 e. The molecule has 0 bridgehead atoms.